The van der Waals surface area contributed by atoms with E-state index in [2.05, 4.69) is 10.3 Å². The molecular formula is C17H15ClN2O2S2. The van der Waals surface area contributed by atoms with Crippen molar-refractivity contribution in [2.45, 2.75) is 13.0 Å². The summed E-state index contributed by atoms with van der Waals surface area (Å²) in [7, 11) is 0. The van der Waals surface area contributed by atoms with Crippen LogP contribution in [0.1, 0.15) is 27.0 Å². The number of hydrogen-bond donors (Lipinski definition) is 2. The molecule has 0 aliphatic carbocycles. The van der Waals surface area contributed by atoms with E-state index in [9.17, 15) is 9.90 Å². The molecule has 2 aromatic heterocycles. The van der Waals surface area contributed by atoms with Crippen molar-refractivity contribution in [1.29, 1.82) is 0 Å². The number of carbonyl (C=O) groups is 1. The molecule has 24 heavy (non-hydrogen) atoms. The van der Waals surface area contributed by atoms with Gasteiger partial charge in [-0.3, -0.25) is 4.79 Å². The number of amides is 1. The summed E-state index contributed by atoms with van der Waals surface area (Å²) in [5.74, 6) is -0.221. The van der Waals surface area contributed by atoms with Crippen molar-refractivity contribution in [1.82, 2.24) is 10.3 Å². The number of halogens is 1. The number of aromatic nitrogens is 1. The third kappa shape index (κ3) is 3.84. The number of carbonyl (C=O) groups excluding carboxylic acids is 1. The van der Waals surface area contributed by atoms with Crippen molar-refractivity contribution in [3.05, 3.63) is 62.9 Å². The van der Waals surface area contributed by atoms with Gasteiger partial charge >= 0.3 is 0 Å². The van der Waals surface area contributed by atoms with Crippen LogP contribution in [0.5, 0.6) is 0 Å². The molecule has 0 aliphatic heterocycles. The summed E-state index contributed by atoms with van der Waals surface area (Å²) in [6, 6.07) is 10.8. The molecule has 1 amide bonds. The minimum Gasteiger partial charge on any atom is -0.387 e. The van der Waals surface area contributed by atoms with E-state index in [4.69, 9.17) is 11.6 Å². The molecule has 0 unspecified atom stereocenters. The zero-order valence-electron chi connectivity index (χ0n) is 12.8. The highest BCUT2D eigenvalue weighted by molar-refractivity contribution is 7.22. The summed E-state index contributed by atoms with van der Waals surface area (Å²) in [5, 5.41) is 16.4. The Morgan fingerprint density at radius 3 is 2.75 bits per heavy atom. The van der Waals surface area contributed by atoms with Gasteiger partial charge in [0.2, 0.25) is 0 Å². The van der Waals surface area contributed by atoms with Gasteiger partial charge in [0.1, 0.15) is 9.88 Å². The Bertz CT molecular complexity index is 829. The maximum absolute atomic E-state index is 12.4. The second-order valence-electron chi connectivity index (χ2n) is 5.19. The lowest BCUT2D eigenvalue weighted by Crippen LogP contribution is -2.28. The Morgan fingerprint density at radius 1 is 1.33 bits per heavy atom. The quantitative estimate of drug-likeness (QED) is 0.695. The Labute approximate surface area is 152 Å². The average Bonchev–Trinajstić information content (AvgIpc) is 3.22. The van der Waals surface area contributed by atoms with E-state index in [0.29, 0.717) is 21.2 Å². The molecule has 7 heteroatoms. The van der Waals surface area contributed by atoms with Gasteiger partial charge in [-0.15, -0.1) is 22.7 Å². The largest absolute Gasteiger partial charge is 0.387 e. The van der Waals surface area contributed by atoms with E-state index < -0.39 is 6.10 Å². The van der Waals surface area contributed by atoms with Gasteiger partial charge < -0.3 is 10.4 Å². The van der Waals surface area contributed by atoms with Gasteiger partial charge in [-0.25, -0.2) is 4.98 Å². The van der Waals surface area contributed by atoms with Crippen molar-refractivity contribution >= 4 is 40.2 Å². The van der Waals surface area contributed by atoms with Crippen LogP contribution in [0.15, 0.2) is 41.8 Å². The van der Waals surface area contributed by atoms with Gasteiger partial charge in [-0.2, -0.15) is 0 Å². The van der Waals surface area contributed by atoms with Crippen LogP contribution >= 0.6 is 34.3 Å². The molecule has 2 heterocycles. The highest BCUT2D eigenvalue weighted by Crippen LogP contribution is 2.31. The molecule has 0 radical (unpaired) electrons. The predicted octanol–water partition coefficient (Wildman–Crippen LogP) is 4.30. The second-order valence-corrected chi connectivity index (χ2v) is 7.57. The van der Waals surface area contributed by atoms with Crippen LogP contribution in [0.2, 0.25) is 5.02 Å². The van der Waals surface area contributed by atoms with E-state index in [0.717, 1.165) is 9.88 Å². The number of aliphatic hydroxyl groups excluding tert-OH is 1. The number of aliphatic hydroxyl groups is 1. The molecule has 3 aromatic rings. The smallest absolute Gasteiger partial charge is 0.263 e. The van der Waals surface area contributed by atoms with Crippen LogP contribution in [0.4, 0.5) is 0 Å². The first-order chi connectivity index (χ1) is 11.5. The average molecular weight is 379 g/mol. The van der Waals surface area contributed by atoms with Crippen molar-refractivity contribution < 1.29 is 9.90 Å². The molecule has 4 nitrogen and oxygen atoms in total. The maximum atomic E-state index is 12.4. The van der Waals surface area contributed by atoms with Crippen LogP contribution < -0.4 is 5.32 Å². The summed E-state index contributed by atoms with van der Waals surface area (Å²) in [6.07, 6.45) is -0.781. The van der Waals surface area contributed by atoms with Crippen LogP contribution in [-0.2, 0) is 0 Å². The van der Waals surface area contributed by atoms with Gasteiger partial charge in [0.25, 0.3) is 5.91 Å². The predicted molar refractivity (Wildman–Crippen MR) is 98.9 cm³/mol. The number of nitrogens with one attached hydrogen (secondary N) is 1. The number of thiophene rings is 1. The van der Waals surface area contributed by atoms with Gasteiger partial charge in [-0.1, -0.05) is 29.8 Å². The fourth-order valence-electron chi connectivity index (χ4n) is 2.19. The number of benzene rings is 1. The molecule has 0 aliphatic rings. The molecule has 1 aromatic carbocycles. The molecule has 0 fully saturated rings. The zero-order chi connectivity index (χ0) is 17.1. The number of nitrogens with zero attached hydrogens (tertiary/aromatic N) is 1. The standard InChI is InChI=1S/C17H15ClN2O2S2/c1-10-15(24-17(20-10)14-3-2-8-23-14)16(22)19-9-13(21)11-4-6-12(18)7-5-11/h2-8,13,21H,9H2,1H3,(H,19,22)/t13-/m1/s1. The molecule has 0 saturated carbocycles. The first-order valence-corrected chi connectivity index (χ1v) is 9.35. The number of rotatable bonds is 5. The summed E-state index contributed by atoms with van der Waals surface area (Å²) < 4.78 is 0. The normalized spacial score (nSPS) is 12.1. The Hall–Kier alpha value is -1.73. The van der Waals surface area contributed by atoms with Gasteiger partial charge in [-0.05, 0) is 36.1 Å². The number of aryl methyl sites for hydroxylation is 1. The highest BCUT2D eigenvalue weighted by atomic mass is 35.5. The lowest BCUT2D eigenvalue weighted by Gasteiger charge is -2.12. The monoisotopic (exact) mass is 378 g/mol. The molecule has 0 bridgehead atoms. The fraction of sp³-hybridized carbons (Fsp3) is 0.176. The first-order valence-electron chi connectivity index (χ1n) is 7.27. The Balaban J connectivity index is 1.66. The van der Waals surface area contributed by atoms with E-state index in [-0.39, 0.29) is 12.5 Å². The molecule has 2 N–H and O–H groups in total. The van der Waals surface area contributed by atoms with E-state index in [1.54, 1.807) is 35.6 Å². The first kappa shape index (κ1) is 17.1. The molecule has 124 valence electrons. The summed E-state index contributed by atoms with van der Waals surface area (Å²) in [6.45, 7) is 1.95. The molecule has 3 rings (SSSR count). The van der Waals surface area contributed by atoms with E-state index in [1.165, 1.54) is 11.3 Å². The van der Waals surface area contributed by atoms with Crippen molar-refractivity contribution in [2.75, 3.05) is 6.54 Å². The molecule has 0 spiro atoms. The second kappa shape index (κ2) is 7.44. The van der Waals surface area contributed by atoms with Crippen LogP contribution in [0.25, 0.3) is 9.88 Å². The van der Waals surface area contributed by atoms with Gasteiger partial charge in [0, 0.05) is 11.6 Å². The molecule has 1 atom stereocenters. The van der Waals surface area contributed by atoms with Crippen molar-refractivity contribution in [3.63, 3.8) is 0 Å². The Morgan fingerprint density at radius 2 is 2.08 bits per heavy atom. The third-order valence-corrected chi connectivity index (χ3v) is 5.89. The lowest BCUT2D eigenvalue weighted by atomic mass is 10.1. The molecule has 0 saturated heterocycles. The summed E-state index contributed by atoms with van der Waals surface area (Å²) >= 11 is 8.78. The van der Waals surface area contributed by atoms with Crippen LogP contribution in [-0.4, -0.2) is 22.5 Å². The van der Waals surface area contributed by atoms with Gasteiger partial charge in [0.15, 0.2) is 0 Å². The number of hydrogen-bond acceptors (Lipinski definition) is 5. The topological polar surface area (TPSA) is 62.2 Å². The minimum atomic E-state index is -0.781. The lowest BCUT2D eigenvalue weighted by molar-refractivity contribution is 0.0919. The van der Waals surface area contributed by atoms with E-state index >= 15 is 0 Å². The van der Waals surface area contributed by atoms with Crippen LogP contribution in [0, 0.1) is 6.92 Å². The summed E-state index contributed by atoms with van der Waals surface area (Å²) in [5.41, 5.74) is 1.40. The highest BCUT2D eigenvalue weighted by Gasteiger charge is 2.18. The summed E-state index contributed by atoms with van der Waals surface area (Å²) in [4.78, 5) is 18.4. The SMILES string of the molecule is Cc1nc(-c2cccs2)sc1C(=O)NC[C@@H](O)c1ccc(Cl)cc1. The number of thiazole rings is 1. The van der Waals surface area contributed by atoms with Crippen LogP contribution in [0.3, 0.4) is 0 Å². The minimum absolute atomic E-state index is 0.131. The third-order valence-electron chi connectivity index (χ3n) is 3.45. The zero-order valence-corrected chi connectivity index (χ0v) is 15.2. The fourth-order valence-corrected chi connectivity index (χ4v) is 4.09. The van der Waals surface area contributed by atoms with Crippen molar-refractivity contribution in [2.24, 2.45) is 0 Å². The molecular weight excluding hydrogens is 364 g/mol. The maximum Gasteiger partial charge on any atom is 0.263 e. The Kier molecular flexibility index (Phi) is 5.30. The van der Waals surface area contributed by atoms with Gasteiger partial charge in [0.05, 0.1) is 16.7 Å². The van der Waals surface area contributed by atoms with Crippen molar-refractivity contribution in [3.8, 4) is 9.88 Å². The van der Waals surface area contributed by atoms with E-state index in [1.807, 2.05) is 24.4 Å².